The lowest BCUT2D eigenvalue weighted by Crippen LogP contribution is -2.52. The van der Waals surface area contributed by atoms with E-state index < -0.39 is 0 Å². The van der Waals surface area contributed by atoms with Crippen molar-refractivity contribution in [3.63, 3.8) is 0 Å². The number of aliphatic imine (C=N–C) groups is 1. The van der Waals surface area contributed by atoms with Crippen molar-refractivity contribution in [2.45, 2.75) is 38.8 Å². The molecule has 0 aromatic rings. The summed E-state index contributed by atoms with van der Waals surface area (Å²) in [7, 11) is 2.17. The molecule has 0 aromatic carbocycles. The molecule has 0 aromatic heterocycles. The Morgan fingerprint density at radius 3 is 2.87 bits per heavy atom. The van der Waals surface area contributed by atoms with Crippen molar-refractivity contribution in [3.8, 4) is 0 Å². The van der Waals surface area contributed by atoms with Crippen molar-refractivity contribution in [2.75, 3.05) is 20.1 Å². The summed E-state index contributed by atoms with van der Waals surface area (Å²) >= 11 is 0. The maximum Gasteiger partial charge on any atom is 0.205 e. The van der Waals surface area contributed by atoms with E-state index in [1.54, 1.807) is 0 Å². The van der Waals surface area contributed by atoms with E-state index in [0.29, 0.717) is 18.0 Å². The summed E-state index contributed by atoms with van der Waals surface area (Å²) in [5.41, 5.74) is 2.60. The molecular weight excluding hydrogens is 190 g/mol. The molecule has 15 heavy (non-hydrogen) atoms. The molecule has 5 heteroatoms. The number of nitrogens with two attached hydrogens (primary N) is 1. The second-order valence-corrected chi connectivity index (χ2v) is 4.16. The van der Waals surface area contributed by atoms with Gasteiger partial charge in [-0.05, 0) is 33.7 Å². The second-order valence-electron chi connectivity index (χ2n) is 4.16. The molecule has 5 nitrogen and oxygen atoms in total. The number of likely N-dealkylation sites (tertiary alicyclic amines) is 1. The van der Waals surface area contributed by atoms with Crippen LogP contribution in [-0.4, -0.2) is 43.1 Å². The number of hydrazine groups is 1. The lowest BCUT2D eigenvalue weighted by atomic mass is 9.99. The summed E-state index contributed by atoms with van der Waals surface area (Å²) in [6.45, 7) is 6.12. The predicted octanol–water partition coefficient (Wildman–Crippen LogP) is -0.102. The van der Waals surface area contributed by atoms with Gasteiger partial charge in [0.25, 0.3) is 0 Å². The molecule has 2 unspecified atom stereocenters. The fourth-order valence-corrected chi connectivity index (χ4v) is 1.90. The highest BCUT2D eigenvalue weighted by Gasteiger charge is 2.22. The van der Waals surface area contributed by atoms with Crippen molar-refractivity contribution in [1.29, 1.82) is 0 Å². The second kappa shape index (κ2) is 5.92. The van der Waals surface area contributed by atoms with Crippen LogP contribution in [0.4, 0.5) is 0 Å². The van der Waals surface area contributed by atoms with Crippen LogP contribution in [0.25, 0.3) is 0 Å². The molecule has 1 fully saturated rings. The van der Waals surface area contributed by atoms with Gasteiger partial charge in [-0.15, -0.1) is 0 Å². The molecule has 1 rings (SSSR count). The molecule has 0 amide bonds. The molecule has 1 saturated heterocycles. The van der Waals surface area contributed by atoms with Gasteiger partial charge in [-0.1, -0.05) is 0 Å². The van der Waals surface area contributed by atoms with Crippen molar-refractivity contribution in [1.82, 2.24) is 15.6 Å². The molecule has 0 spiro atoms. The van der Waals surface area contributed by atoms with E-state index in [1.807, 2.05) is 6.92 Å². The van der Waals surface area contributed by atoms with E-state index >= 15 is 0 Å². The quantitative estimate of drug-likeness (QED) is 0.259. The summed E-state index contributed by atoms with van der Waals surface area (Å²) in [5, 5.41) is 3.34. The summed E-state index contributed by atoms with van der Waals surface area (Å²) in [6, 6.07) is 1.11. The summed E-state index contributed by atoms with van der Waals surface area (Å²) in [5.74, 6) is 6.09. The summed E-state index contributed by atoms with van der Waals surface area (Å²) in [4.78, 5) is 6.62. The van der Waals surface area contributed by atoms with Crippen LogP contribution in [0.5, 0.6) is 0 Å². The van der Waals surface area contributed by atoms with Crippen LogP contribution in [0, 0.1) is 0 Å². The number of guanidine groups is 1. The largest absolute Gasteiger partial charge is 0.352 e. The Morgan fingerprint density at radius 1 is 1.60 bits per heavy atom. The minimum Gasteiger partial charge on any atom is -0.352 e. The number of nitrogens with zero attached hydrogens (tertiary/aromatic N) is 2. The Kier molecular flexibility index (Phi) is 4.84. The smallest absolute Gasteiger partial charge is 0.205 e. The van der Waals surface area contributed by atoms with Gasteiger partial charge in [0.05, 0.1) is 0 Å². The van der Waals surface area contributed by atoms with E-state index in [0.717, 1.165) is 25.9 Å². The molecule has 1 aliphatic rings. The van der Waals surface area contributed by atoms with Gasteiger partial charge >= 0.3 is 0 Å². The standard InChI is InChI=1S/C10H23N5/c1-4-12-10(14-11)13-9-5-6-15(3)8(2)7-9/h8-9H,4-7,11H2,1-3H3,(H2,12,13,14). The Morgan fingerprint density at radius 2 is 2.33 bits per heavy atom. The zero-order chi connectivity index (χ0) is 11.3. The van der Waals surface area contributed by atoms with Crippen LogP contribution in [0.15, 0.2) is 4.99 Å². The van der Waals surface area contributed by atoms with Gasteiger partial charge in [-0.2, -0.15) is 0 Å². The average molecular weight is 213 g/mol. The van der Waals surface area contributed by atoms with Crippen LogP contribution in [0.2, 0.25) is 0 Å². The average Bonchev–Trinajstić information content (AvgIpc) is 2.23. The Hall–Kier alpha value is -0.810. The van der Waals surface area contributed by atoms with Gasteiger partial charge < -0.3 is 10.2 Å². The third-order valence-electron chi connectivity index (χ3n) is 3.00. The predicted molar refractivity (Wildman–Crippen MR) is 63.5 cm³/mol. The van der Waals surface area contributed by atoms with Crippen LogP contribution in [0.1, 0.15) is 26.7 Å². The highest BCUT2D eigenvalue weighted by atomic mass is 15.3. The van der Waals surface area contributed by atoms with Crippen molar-refractivity contribution in [2.24, 2.45) is 10.8 Å². The van der Waals surface area contributed by atoms with E-state index in [4.69, 9.17) is 5.84 Å². The molecule has 2 atom stereocenters. The molecule has 0 bridgehead atoms. The van der Waals surface area contributed by atoms with Gasteiger partial charge in [0.1, 0.15) is 0 Å². The van der Waals surface area contributed by atoms with E-state index in [-0.39, 0.29) is 0 Å². The Labute approximate surface area is 92.1 Å². The molecule has 4 N–H and O–H groups in total. The molecule has 1 heterocycles. The van der Waals surface area contributed by atoms with Crippen LogP contribution in [0.3, 0.4) is 0 Å². The number of hydrogen-bond acceptors (Lipinski definition) is 3. The van der Waals surface area contributed by atoms with E-state index in [9.17, 15) is 0 Å². The van der Waals surface area contributed by atoms with E-state index in [2.05, 4.69) is 34.6 Å². The zero-order valence-corrected chi connectivity index (χ0v) is 9.95. The van der Waals surface area contributed by atoms with Gasteiger partial charge in [-0.3, -0.25) is 10.4 Å². The Bertz CT molecular complexity index is 216. The highest BCUT2D eigenvalue weighted by Crippen LogP contribution is 2.14. The van der Waals surface area contributed by atoms with Gasteiger partial charge in [0, 0.05) is 25.2 Å². The Balaban J connectivity index is 2.42. The van der Waals surface area contributed by atoms with Gasteiger partial charge in [0.2, 0.25) is 5.96 Å². The van der Waals surface area contributed by atoms with Crippen LogP contribution >= 0.6 is 0 Å². The van der Waals surface area contributed by atoms with Crippen LogP contribution < -0.4 is 16.6 Å². The fourth-order valence-electron chi connectivity index (χ4n) is 1.90. The molecule has 88 valence electrons. The summed E-state index contributed by atoms with van der Waals surface area (Å²) in [6.07, 6.45) is 2.28. The monoisotopic (exact) mass is 213 g/mol. The zero-order valence-electron chi connectivity index (χ0n) is 9.95. The fraction of sp³-hybridized carbons (Fsp3) is 0.900. The minimum absolute atomic E-state index is 0.484. The molecule has 0 aliphatic carbocycles. The first kappa shape index (κ1) is 12.3. The number of rotatable bonds is 2. The first-order valence-electron chi connectivity index (χ1n) is 5.65. The molecule has 0 radical (unpaired) electrons. The van der Waals surface area contributed by atoms with Gasteiger partial charge in [0.15, 0.2) is 0 Å². The topological polar surface area (TPSA) is 65.7 Å². The lowest BCUT2D eigenvalue weighted by Gasteiger charge is -2.35. The first-order valence-corrected chi connectivity index (χ1v) is 5.65. The van der Waals surface area contributed by atoms with Crippen molar-refractivity contribution in [3.05, 3.63) is 0 Å². The summed E-state index contributed by atoms with van der Waals surface area (Å²) < 4.78 is 0. The van der Waals surface area contributed by atoms with Crippen LogP contribution in [-0.2, 0) is 0 Å². The third kappa shape index (κ3) is 3.68. The third-order valence-corrected chi connectivity index (χ3v) is 3.00. The number of piperidine rings is 1. The minimum atomic E-state index is 0.484. The highest BCUT2D eigenvalue weighted by molar-refractivity contribution is 5.79. The van der Waals surface area contributed by atoms with Crippen molar-refractivity contribution >= 4 is 5.96 Å². The normalized spacial score (nSPS) is 28.9. The maximum absolute atomic E-state index is 5.38. The molecule has 1 aliphatic heterocycles. The first-order chi connectivity index (χ1) is 7.17. The van der Waals surface area contributed by atoms with E-state index in [1.165, 1.54) is 0 Å². The SMILES string of the molecule is CCN=C(NN)NC1CCN(C)C(C)C1. The molecule has 0 saturated carbocycles. The molecular formula is C10H23N5. The number of hydrogen-bond donors (Lipinski definition) is 3. The maximum atomic E-state index is 5.38. The lowest BCUT2D eigenvalue weighted by molar-refractivity contribution is 0.176. The van der Waals surface area contributed by atoms with Gasteiger partial charge in [-0.25, -0.2) is 5.84 Å². The number of nitrogens with one attached hydrogen (secondary N) is 2. The van der Waals surface area contributed by atoms with Crippen molar-refractivity contribution < 1.29 is 0 Å².